The summed E-state index contributed by atoms with van der Waals surface area (Å²) in [7, 11) is 0. The number of para-hydroxylation sites is 1. The number of fused-ring (bicyclic) bond motifs is 1. The second kappa shape index (κ2) is 7.71. The van der Waals surface area contributed by atoms with Crippen molar-refractivity contribution < 1.29 is 13.6 Å². The summed E-state index contributed by atoms with van der Waals surface area (Å²) in [5, 5.41) is 4.03. The molecule has 0 spiro atoms. The number of rotatable bonds is 6. The molecule has 0 radical (unpaired) electrons. The van der Waals surface area contributed by atoms with Gasteiger partial charge in [-0.25, -0.2) is 13.8 Å². The molecule has 2 N–H and O–H groups in total. The SMILES string of the molecule is CCN(CC(=O)Nc1c(F)cccc1F)Cc1nc2ccsc2c(=O)[nH]1. The van der Waals surface area contributed by atoms with Crippen LogP contribution < -0.4 is 10.9 Å². The fourth-order valence-electron chi connectivity index (χ4n) is 2.49. The molecular weight excluding hydrogens is 362 g/mol. The molecule has 2 heterocycles. The van der Waals surface area contributed by atoms with Crippen molar-refractivity contribution in [3.05, 3.63) is 57.5 Å². The average molecular weight is 378 g/mol. The Labute approximate surface area is 151 Å². The number of hydrogen-bond donors (Lipinski definition) is 2. The number of amides is 1. The molecule has 0 fully saturated rings. The Bertz CT molecular complexity index is 982. The highest BCUT2D eigenvalue weighted by Crippen LogP contribution is 2.18. The van der Waals surface area contributed by atoms with Gasteiger partial charge in [-0.05, 0) is 30.1 Å². The first kappa shape index (κ1) is 18.2. The molecule has 1 aromatic carbocycles. The molecule has 0 aliphatic carbocycles. The molecule has 1 amide bonds. The summed E-state index contributed by atoms with van der Waals surface area (Å²) in [6.07, 6.45) is 0. The summed E-state index contributed by atoms with van der Waals surface area (Å²) in [4.78, 5) is 32.9. The van der Waals surface area contributed by atoms with E-state index in [-0.39, 0.29) is 18.6 Å². The number of H-pyrrole nitrogens is 1. The quantitative estimate of drug-likeness (QED) is 0.691. The minimum atomic E-state index is -0.838. The molecule has 0 bridgehead atoms. The van der Waals surface area contributed by atoms with Crippen molar-refractivity contribution in [2.24, 2.45) is 0 Å². The molecule has 2 aromatic heterocycles. The van der Waals surface area contributed by atoms with E-state index in [1.807, 2.05) is 6.92 Å². The minimum Gasteiger partial charge on any atom is -0.320 e. The van der Waals surface area contributed by atoms with Gasteiger partial charge in [0, 0.05) is 0 Å². The third kappa shape index (κ3) is 3.94. The molecule has 0 saturated heterocycles. The maximum Gasteiger partial charge on any atom is 0.268 e. The van der Waals surface area contributed by atoms with Crippen molar-refractivity contribution >= 4 is 33.1 Å². The Morgan fingerprint density at radius 3 is 2.73 bits per heavy atom. The fourth-order valence-corrected chi connectivity index (χ4v) is 3.21. The van der Waals surface area contributed by atoms with Gasteiger partial charge < -0.3 is 10.3 Å². The molecule has 3 rings (SSSR count). The van der Waals surface area contributed by atoms with Crippen molar-refractivity contribution in [2.75, 3.05) is 18.4 Å². The largest absolute Gasteiger partial charge is 0.320 e. The molecular formula is C17H16F2N4O2S. The Balaban J connectivity index is 1.70. The van der Waals surface area contributed by atoms with Gasteiger partial charge in [-0.15, -0.1) is 11.3 Å². The number of carbonyl (C=O) groups is 1. The second-order valence-electron chi connectivity index (χ2n) is 5.60. The van der Waals surface area contributed by atoms with Crippen LogP contribution in [-0.4, -0.2) is 33.9 Å². The summed E-state index contributed by atoms with van der Waals surface area (Å²) in [5.41, 5.74) is -0.101. The molecule has 0 saturated carbocycles. The number of aromatic nitrogens is 2. The van der Waals surface area contributed by atoms with Crippen molar-refractivity contribution in [3.63, 3.8) is 0 Å². The van der Waals surface area contributed by atoms with Crippen molar-refractivity contribution in [2.45, 2.75) is 13.5 Å². The van der Waals surface area contributed by atoms with Gasteiger partial charge in [-0.3, -0.25) is 14.5 Å². The molecule has 3 aromatic rings. The monoisotopic (exact) mass is 378 g/mol. The number of halogens is 2. The average Bonchev–Trinajstić information content (AvgIpc) is 3.07. The number of nitrogens with zero attached hydrogens (tertiary/aromatic N) is 2. The van der Waals surface area contributed by atoms with E-state index in [1.165, 1.54) is 17.4 Å². The highest BCUT2D eigenvalue weighted by molar-refractivity contribution is 7.17. The lowest BCUT2D eigenvalue weighted by molar-refractivity contribution is -0.117. The topological polar surface area (TPSA) is 78.1 Å². The number of likely N-dealkylation sites (N-methyl/N-ethyl adjacent to an activating group) is 1. The number of hydrogen-bond acceptors (Lipinski definition) is 5. The molecule has 6 nitrogen and oxygen atoms in total. The number of nitrogens with one attached hydrogen (secondary N) is 2. The van der Waals surface area contributed by atoms with Crippen LogP contribution in [0.15, 0.2) is 34.4 Å². The highest BCUT2D eigenvalue weighted by atomic mass is 32.1. The first-order chi connectivity index (χ1) is 12.5. The number of anilines is 1. The Hall–Kier alpha value is -2.65. The summed E-state index contributed by atoms with van der Waals surface area (Å²) >= 11 is 1.31. The van der Waals surface area contributed by atoms with Crippen LogP contribution in [0.1, 0.15) is 12.7 Å². The number of benzene rings is 1. The Morgan fingerprint density at radius 1 is 1.31 bits per heavy atom. The fraction of sp³-hybridized carbons (Fsp3) is 0.235. The smallest absolute Gasteiger partial charge is 0.268 e. The standard InChI is InChI=1S/C17H16F2N4O2S/c1-2-23(8-13-20-12-6-7-26-16(12)17(25)21-13)9-14(24)22-15-10(18)4-3-5-11(15)19/h3-7H,2,8-9H2,1H3,(H,22,24)(H,20,21,25). The van der Waals surface area contributed by atoms with E-state index in [2.05, 4.69) is 15.3 Å². The normalized spacial score (nSPS) is 11.2. The van der Waals surface area contributed by atoms with Crippen LogP contribution in [0.5, 0.6) is 0 Å². The molecule has 0 aliphatic heterocycles. The highest BCUT2D eigenvalue weighted by Gasteiger charge is 2.16. The maximum atomic E-state index is 13.6. The van der Waals surface area contributed by atoms with Gasteiger partial charge in [0.05, 0.1) is 18.6 Å². The zero-order chi connectivity index (χ0) is 18.7. The summed E-state index contributed by atoms with van der Waals surface area (Å²) in [5.74, 6) is -1.81. The van der Waals surface area contributed by atoms with Gasteiger partial charge in [0.15, 0.2) is 0 Å². The van der Waals surface area contributed by atoms with Gasteiger partial charge in [-0.1, -0.05) is 13.0 Å². The van der Waals surface area contributed by atoms with Crippen LogP contribution >= 0.6 is 11.3 Å². The number of thiophene rings is 1. The zero-order valence-electron chi connectivity index (χ0n) is 13.9. The van der Waals surface area contributed by atoms with Gasteiger partial charge in [0.1, 0.15) is 27.8 Å². The number of carbonyl (C=O) groups excluding carboxylic acids is 1. The van der Waals surface area contributed by atoms with Gasteiger partial charge >= 0.3 is 0 Å². The van der Waals surface area contributed by atoms with Gasteiger partial charge in [0.2, 0.25) is 5.91 Å². The predicted octanol–water partition coefficient (Wildman–Crippen LogP) is 2.72. The first-order valence-electron chi connectivity index (χ1n) is 7.90. The van der Waals surface area contributed by atoms with Gasteiger partial charge in [-0.2, -0.15) is 0 Å². The third-order valence-corrected chi connectivity index (χ3v) is 4.68. The van der Waals surface area contributed by atoms with Crippen molar-refractivity contribution in [3.8, 4) is 0 Å². The molecule has 9 heteroatoms. The first-order valence-corrected chi connectivity index (χ1v) is 8.78. The number of aromatic amines is 1. The van der Waals surface area contributed by atoms with Crippen LogP contribution in [0.2, 0.25) is 0 Å². The molecule has 136 valence electrons. The van der Waals surface area contributed by atoms with E-state index in [4.69, 9.17) is 0 Å². The van der Waals surface area contributed by atoms with Crippen LogP contribution in [0.4, 0.5) is 14.5 Å². The summed E-state index contributed by atoms with van der Waals surface area (Å²) < 4.78 is 27.8. The van der Waals surface area contributed by atoms with E-state index in [1.54, 1.807) is 16.3 Å². The third-order valence-electron chi connectivity index (χ3n) is 3.78. The minimum absolute atomic E-state index is 0.102. The van der Waals surface area contributed by atoms with Crippen LogP contribution in [0.25, 0.3) is 10.2 Å². The maximum absolute atomic E-state index is 13.6. The van der Waals surface area contributed by atoms with E-state index in [0.29, 0.717) is 22.6 Å². The zero-order valence-corrected chi connectivity index (χ0v) is 14.7. The lowest BCUT2D eigenvalue weighted by Gasteiger charge is -2.19. The predicted molar refractivity (Wildman–Crippen MR) is 96.2 cm³/mol. The van der Waals surface area contributed by atoms with E-state index >= 15 is 0 Å². The molecule has 0 unspecified atom stereocenters. The van der Waals surface area contributed by atoms with Gasteiger partial charge in [0.25, 0.3) is 5.56 Å². The second-order valence-corrected chi connectivity index (χ2v) is 6.51. The molecule has 0 atom stereocenters. The molecule has 0 aliphatic rings. The van der Waals surface area contributed by atoms with Crippen LogP contribution in [-0.2, 0) is 11.3 Å². The lowest BCUT2D eigenvalue weighted by Crippen LogP contribution is -2.34. The molecule has 26 heavy (non-hydrogen) atoms. The Kier molecular flexibility index (Phi) is 5.38. The van der Waals surface area contributed by atoms with Crippen LogP contribution in [0, 0.1) is 11.6 Å². The van der Waals surface area contributed by atoms with Crippen LogP contribution in [0.3, 0.4) is 0 Å². The van der Waals surface area contributed by atoms with Crippen molar-refractivity contribution in [1.82, 2.24) is 14.9 Å². The van der Waals surface area contributed by atoms with E-state index in [0.717, 1.165) is 12.1 Å². The summed E-state index contributed by atoms with van der Waals surface area (Å²) in [6, 6.07) is 5.12. The van der Waals surface area contributed by atoms with E-state index < -0.39 is 23.2 Å². The van der Waals surface area contributed by atoms with Crippen molar-refractivity contribution in [1.29, 1.82) is 0 Å². The van der Waals surface area contributed by atoms with E-state index in [9.17, 15) is 18.4 Å². The lowest BCUT2D eigenvalue weighted by atomic mass is 10.3. The summed E-state index contributed by atoms with van der Waals surface area (Å²) in [6.45, 7) is 2.44. The Morgan fingerprint density at radius 2 is 2.04 bits per heavy atom.